The number of hydrogen-bond acceptors (Lipinski definition) is 4. The highest BCUT2D eigenvalue weighted by atomic mass is 19.1. The largest absolute Gasteiger partial charge is 0.494 e. The molecule has 0 N–H and O–H groups in total. The van der Waals surface area contributed by atoms with Gasteiger partial charge in [-0.15, -0.1) is 0 Å². The van der Waals surface area contributed by atoms with E-state index < -0.39 is 5.82 Å². The van der Waals surface area contributed by atoms with Gasteiger partial charge < -0.3 is 4.74 Å². The van der Waals surface area contributed by atoms with Crippen molar-refractivity contribution in [2.24, 2.45) is 0 Å². The van der Waals surface area contributed by atoms with E-state index in [1.54, 1.807) is 12.1 Å². The van der Waals surface area contributed by atoms with Crippen LogP contribution in [0.5, 0.6) is 5.75 Å². The summed E-state index contributed by atoms with van der Waals surface area (Å²) in [4.78, 5) is 7.73. The number of nitriles is 1. The maximum absolute atomic E-state index is 13.5. The zero-order valence-electron chi connectivity index (χ0n) is 9.01. The van der Waals surface area contributed by atoms with Crippen LogP contribution in [0, 0.1) is 17.1 Å². The van der Waals surface area contributed by atoms with Crippen LogP contribution in [-0.2, 0) is 0 Å². The Bertz CT molecular complexity index is 593. The number of aromatic nitrogens is 2. The molecule has 0 atom stereocenters. The molecule has 84 valence electrons. The molecule has 0 radical (unpaired) electrons. The minimum atomic E-state index is -0.470. The van der Waals surface area contributed by atoms with E-state index >= 15 is 0 Å². The second-order valence-electron chi connectivity index (χ2n) is 3.23. The minimum Gasteiger partial charge on any atom is -0.494 e. The maximum atomic E-state index is 13.5. The van der Waals surface area contributed by atoms with Gasteiger partial charge in [-0.3, -0.25) is 0 Å². The molecule has 2 rings (SSSR count). The molecule has 4 nitrogen and oxygen atoms in total. The summed E-state index contributed by atoms with van der Waals surface area (Å²) in [5, 5.41) is 8.68. The first-order chi connectivity index (χ1) is 8.24. The standard InChI is InChI=1S/C12H8FN3O/c1-17-11-3-2-8(6-9(11)13)10-4-5-15-12(7-14)16-10/h2-6H,1H3. The predicted octanol–water partition coefficient (Wildman–Crippen LogP) is 2.16. The molecule has 1 heterocycles. The molecule has 0 aliphatic rings. The Morgan fingerprint density at radius 3 is 2.82 bits per heavy atom. The lowest BCUT2D eigenvalue weighted by atomic mass is 10.1. The predicted molar refractivity (Wildman–Crippen MR) is 58.7 cm³/mol. The molecule has 1 aromatic heterocycles. The smallest absolute Gasteiger partial charge is 0.232 e. The first-order valence-electron chi connectivity index (χ1n) is 4.81. The normalized spacial score (nSPS) is 9.71. The number of hydrogen-bond donors (Lipinski definition) is 0. The van der Waals surface area contributed by atoms with Crippen molar-refractivity contribution in [2.45, 2.75) is 0 Å². The van der Waals surface area contributed by atoms with Crippen LogP contribution >= 0.6 is 0 Å². The summed E-state index contributed by atoms with van der Waals surface area (Å²) in [7, 11) is 1.40. The Hall–Kier alpha value is -2.48. The van der Waals surface area contributed by atoms with E-state index in [0.29, 0.717) is 11.3 Å². The van der Waals surface area contributed by atoms with Crippen LogP contribution in [0.4, 0.5) is 4.39 Å². The molecule has 0 aliphatic carbocycles. The highest BCUT2D eigenvalue weighted by Crippen LogP contribution is 2.23. The molecule has 5 heteroatoms. The molecule has 0 bridgehead atoms. The van der Waals surface area contributed by atoms with Crippen LogP contribution < -0.4 is 4.74 Å². The highest BCUT2D eigenvalue weighted by molar-refractivity contribution is 5.60. The van der Waals surface area contributed by atoms with E-state index in [9.17, 15) is 4.39 Å². The molecule has 0 saturated heterocycles. The topological polar surface area (TPSA) is 58.8 Å². The minimum absolute atomic E-state index is 0.0544. The summed E-state index contributed by atoms with van der Waals surface area (Å²) in [6.45, 7) is 0. The molecule has 0 spiro atoms. The van der Waals surface area contributed by atoms with Crippen LogP contribution in [0.15, 0.2) is 30.5 Å². The molecule has 1 aromatic carbocycles. The fraction of sp³-hybridized carbons (Fsp3) is 0.0833. The van der Waals surface area contributed by atoms with Gasteiger partial charge in [0.2, 0.25) is 5.82 Å². The first kappa shape index (κ1) is 11.0. The van der Waals surface area contributed by atoms with Gasteiger partial charge in [0, 0.05) is 11.8 Å². The van der Waals surface area contributed by atoms with Crippen molar-refractivity contribution >= 4 is 0 Å². The number of nitrogens with zero attached hydrogens (tertiary/aromatic N) is 3. The highest BCUT2D eigenvalue weighted by Gasteiger charge is 2.06. The third kappa shape index (κ3) is 2.21. The molecule has 0 aliphatic heterocycles. The van der Waals surface area contributed by atoms with Gasteiger partial charge in [-0.05, 0) is 24.3 Å². The quantitative estimate of drug-likeness (QED) is 0.791. The third-order valence-corrected chi connectivity index (χ3v) is 2.20. The van der Waals surface area contributed by atoms with Gasteiger partial charge in [-0.2, -0.15) is 5.26 Å². The zero-order chi connectivity index (χ0) is 12.3. The molecule has 0 fully saturated rings. The zero-order valence-corrected chi connectivity index (χ0v) is 9.01. The van der Waals surface area contributed by atoms with Crippen LogP contribution in [0.1, 0.15) is 5.82 Å². The molecular formula is C12H8FN3O. The molecule has 0 saturated carbocycles. The Kier molecular flexibility index (Phi) is 2.97. The number of methoxy groups -OCH3 is 1. The lowest BCUT2D eigenvalue weighted by Gasteiger charge is -2.04. The summed E-state index contributed by atoms with van der Waals surface area (Å²) in [6, 6.07) is 7.94. The molecular weight excluding hydrogens is 221 g/mol. The Balaban J connectivity index is 2.46. The summed E-state index contributed by atoms with van der Waals surface area (Å²) >= 11 is 0. The Labute approximate surface area is 97.3 Å². The van der Waals surface area contributed by atoms with E-state index in [0.717, 1.165) is 0 Å². The second kappa shape index (κ2) is 4.58. The van der Waals surface area contributed by atoms with E-state index in [-0.39, 0.29) is 11.6 Å². The monoisotopic (exact) mass is 229 g/mol. The van der Waals surface area contributed by atoms with Crippen molar-refractivity contribution in [1.82, 2.24) is 9.97 Å². The van der Waals surface area contributed by atoms with Gasteiger partial charge in [0.15, 0.2) is 11.6 Å². The first-order valence-corrected chi connectivity index (χ1v) is 4.81. The van der Waals surface area contributed by atoms with Crippen molar-refractivity contribution in [3.8, 4) is 23.1 Å². The van der Waals surface area contributed by atoms with E-state index in [2.05, 4.69) is 9.97 Å². The Morgan fingerprint density at radius 2 is 2.18 bits per heavy atom. The number of rotatable bonds is 2. The summed E-state index contributed by atoms with van der Waals surface area (Å²) in [5.41, 5.74) is 1.07. The lowest BCUT2D eigenvalue weighted by Crippen LogP contribution is -1.93. The average Bonchev–Trinajstić information content (AvgIpc) is 2.38. The van der Waals surface area contributed by atoms with Gasteiger partial charge in [-0.1, -0.05) is 0 Å². The fourth-order valence-electron chi connectivity index (χ4n) is 1.40. The summed E-state index contributed by atoms with van der Waals surface area (Å²) < 4.78 is 18.3. The van der Waals surface area contributed by atoms with Crippen LogP contribution in [-0.4, -0.2) is 17.1 Å². The van der Waals surface area contributed by atoms with Crippen molar-refractivity contribution in [1.29, 1.82) is 5.26 Å². The average molecular weight is 229 g/mol. The van der Waals surface area contributed by atoms with E-state index in [1.807, 2.05) is 6.07 Å². The van der Waals surface area contributed by atoms with Gasteiger partial charge in [0.1, 0.15) is 6.07 Å². The van der Waals surface area contributed by atoms with Crippen molar-refractivity contribution in [3.63, 3.8) is 0 Å². The molecule has 0 unspecified atom stereocenters. The summed E-state index contributed by atoms with van der Waals surface area (Å²) in [6.07, 6.45) is 1.46. The Morgan fingerprint density at radius 1 is 1.35 bits per heavy atom. The van der Waals surface area contributed by atoms with E-state index in [1.165, 1.54) is 25.4 Å². The summed E-state index contributed by atoms with van der Waals surface area (Å²) in [5.74, 6) is -0.246. The molecule has 0 amide bonds. The molecule has 17 heavy (non-hydrogen) atoms. The van der Waals surface area contributed by atoms with Crippen molar-refractivity contribution < 1.29 is 9.13 Å². The second-order valence-corrected chi connectivity index (χ2v) is 3.23. The lowest BCUT2D eigenvalue weighted by molar-refractivity contribution is 0.386. The number of ether oxygens (including phenoxy) is 1. The van der Waals surface area contributed by atoms with Gasteiger partial charge in [0.25, 0.3) is 0 Å². The molecule has 2 aromatic rings. The SMILES string of the molecule is COc1ccc(-c2ccnc(C#N)n2)cc1F. The van der Waals surface area contributed by atoms with Crippen molar-refractivity contribution in [2.75, 3.05) is 7.11 Å². The van der Waals surface area contributed by atoms with Crippen LogP contribution in [0.3, 0.4) is 0 Å². The van der Waals surface area contributed by atoms with E-state index in [4.69, 9.17) is 10.00 Å². The van der Waals surface area contributed by atoms with Crippen molar-refractivity contribution in [3.05, 3.63) is 42.1 Å². The van der Waals surface area contributed by atoms with Crippen LogP contribution in [0.2, 0.25) is 0 Å². The number of benzene rings is 1. The maximum Gasteiger partial charge on any atom is 0.232 e. The number of halogens is 1. The van der Waals surface area contributed by atoms with Crippen LogP contribution in [0.25, 0.3) is 11.3 Å². The van der Waals surface area contributed by atoms with Gasteiger partial charge in [0.05, 0.1) is 12.8 Å². The van der Waals surface area contributed by atoms with Gasteiger partial charge >= 0.3 is 0 Å². The third-order valence-electron chi connectivity index (χ3n) is 2.20. The fourth-order valence-corrected chi connectivity index (χ4v) is 1.40. The van der Waals surface area contributed by atoms with Gasteiger partial charge in [-0.25, -0.2) is 14.4 Å².